The summed E-state index contributed by atoms with van der Waals surface area (Å²) in [6.07, 6.45) is 4.49. The second-order valence-corrected chi connectivity index (χ2v) is 3.41. The normalized spacial score (nSPS) is 42.3. The van der Waals surface area contributed by atoms with Gasteiger partial charge in [-0.15, -0.1) is 0 Å². The van der Waals surface area contributed by atoms with Crippen molar-refractivity contribution in [2.45, 2.75) is 32.2 Å². The van der Waals surface area contributed by atoms with Gasteiger partial charge in [0, 0.05) is 6.04 Å². The Morgan fingerprint density at radius 3 is 2.56 bits per heavy atom. The van der Waals surface area contributed by atoms with Crippen molar-refractivity contribution in [2.24, 2.45) is 5.92 Å². The first-order valence-electron chi connectivity index (χ1n) is 4.14. The largest absolute Gasteiger partial charge is 0.301 e. The van der Waals surface area contributed by atoms with Gasteiger partial charge < -0.3 is 4.90 Å². The lowest BCUT2D eigenvalue weighted by molar-refractivity contribution is 0.0187. The van der Waals surface area contributed by atoms with Gasteiger partial charge in [-0.25, -0.2) is 0 Å². The van der Waals surface area contributed by atoms with E-state index in [9.17, 15) is 0 Å². The SMILES string of the molecule is CCN1CCC2CC1C2. The van der Waals surface area contributed by atoms with Crippen LogP contribution in [0.4, 0.5) is 0 Å². The smallest absolute Gasteiger partial charge is 0.0100 e. The van der Waals surface area contributed by atoms with Gasteiger partial charge in [-0.1, -0.05) is 6.92 Å². The maximum absolute atomic E-state index is 2.62. The first-order valence-corrected chi connectivity index (χ1v) is 4.14. The first-order chi connectivity index (χ1) is 4.40. The number of hydrogen-bond donors (Lipinski definition) is 0. The van der Waals surface area contributed by atoms with Gasteiger partial charge >= 0.3 is 0 Å². The third-order valence-electron chi connectivity index (χ3n) is 2.96. The minimum atomic E-state index is 0.994. The number of rotatable bonds is 1. The predicted octanol–water partition coefficient (Wildman–Crippen LogP) is 1.49. The number of piperidine rings is 2. The number of fused-ring (bicyclic) bond motifs is 2. The molecule has 0 aromatic rings. The third kappa shape index (κ3) is 0.787. The van der Waals surface area contributed by atoms with Crippen molar-refractivity contribution in [2.75, 3.05) is 13.1 Å². The Morgan fingerprint density at radius 1 is 1.44 bits per heavy atom. The highest BCUT2D eigenvalue weighted by Gasteiger charge is 2.37. The van der Waals surface area contributed by atoms with Crippen molar-refractivity contribution in [3.8, 4) is 0 Å². The molecule has 2 saturated heterocycles. The van der Waals surface area contributed by atoms with Crippen LogP contribution in [0.15, 0.2) is 0 Å². The van der Waals surface area contributed by atoms with Crippen molar-refractivity contribution in [1.82, 2.24) is 4.90 Å². The Morgan fingerprint density at radius 2 is 2.22 bits per heavy atom. The van der Waals surface area contributed by atoms with Crippen molar-refractivity contribution in [3.05, 3.63) is 0 Å². The molecule has 0 spiro atoms. The summed E-state index contributed by atoms with van der Waals surface area (Å²) in [5.74, 6) is 1.12. The van der Waals surface area contributed by atoms with Crippen LogP contribution in [-0.4, -0.2) is 24.0 Å². The lowest BCUT2D eigenvalue weighted by atomic mass is 9.73. The molecule has 0 aromatic heterocycles. The van der Waals surface area contributed by atoms with E-state index in [1.807, 2.05) is 0 Å². The summed E-state index contributed by atoms with van der Waals surface area (Å²) >= 11 is 0. The molecule has 9 heavy (non-hydrogen) atoms. The van der Waals surface area contributed by atoms with Gasteiger partial charge in [0.25, 0.3) is 0 Å². The second-order valence-electron chi connectivity index (χ2n) is 3.41. The molecular weight excluding hydrogens is 110 g/mol. The monoisotopic (exact) mass is 125 g/mol. The van der Waals surface area contributed by atoms with E-state index >= 15 is 0 Å². The molecule has 52 valence electrons. The Labute approximate surface area is 57.0 Å². The molecule has 1 aliphatic carbocycles. The Bertz CT molecular complexity index is 102. The second kappa shape index (κ2) is 1.98. The third-order valence-corrected chi connectivity index (χ3v) is 2.96. The molecule has 3 fully saturated rings. The minimum Gasteiger partial charge on any atom is -0.301 e. The summed E-state index contributed by atoms with van der Waals surface area (Å²) in [4.78, 5) is 2.62. The van der Waals surface area contributed by atoms with Crippen LogP contribution < -0.4 is 0 Å². The van der Waals surface area contributed by atoms with Crippen LogP contribution in [0.1, 0.15) is 26.2 Å². The Hall–Kier alpha value is -0.0400. The van der Waals surface area contributed by atoms with Crippen molar-refractivity contribution in [1.29, 1.82) is 0 Å². The maximum Gasteiger partial charge on any atom is 0.0100 e. The fourth-order valence-corrected chi connectivity index (χ4v) is 2.18. The van der Waals surface area contributed by atoms with Gasteiger partial charge in [0.2, 0.25) is 0 Å². The van der Waals surface area contributed by atoms with Gasteiger partial charge in [0.05, 0.1) is 0 Å². The van der Waals surface area contributed by atoms with E-state index in [4.69, 9.17) is 0 Å². The molecule has 1 heteroatoms. The summed E-state index contributed by atoms with van der Waals surface area (Å²) < 4.78 is 0. The fourth-order valence-electron chi connectivity index (χ4n) is 2.18. The van der Waals surface area contributed by atoms with E-state index in [-0.39, 0.29) is 0 Å². The van der Waals surface area contributed by atoms with Crippen LogP contribution in [-0.2, 0) is 0 Å². The van der Waals surface area contributed by atoms with Crippen LogP contribution in [0.5, 0.6) is 0 Å². The molecule has 1 saturated carbocycles. The average molecular weight is 125 g/mol. The molecule has 2 heterocycles. The van der Waals surface area contributed by atoms with E-state index in [0.717, 1.165) is 12.0 Å². The summed E-state index contributed by atoms with van der Waals surface area (Å²) in [6.45, 7) is 4.93. The zero-order valence-electron chi connectivity index (χ0n) is 6.14. The predicted molar refractivity (Wildman–Crippen MR) is 38.4 cm³/mol. The quantitative estimate of drug-likeness (QED) is 0.513. The zero-order valence-corrected chi connectivity index (χ0v) is 6.14. The zero-order chi connectivity index (χ0) is 6.27. The maximum atomic E-state index is 2.62. The molecule has 3 rings (SSSR count). The van der Waals surface area contributed by atoms with Crippen molar-refractivity contribution < 1.29 is 0 Å². The highest BCUT2D eigenvalue weighted by atomic mass is 15.2. The molecule has 0 N–H and O–H groups in total. The van der Waals surface area contributed by atoms with Gasteiger partial charge in [-0.2, -0.15) is 0 Å². The summed E-state index contributed by atoms with van der Waals surface area (Å²) in [5, 5.41) is 0. The molecule has 2 aliphatic heterocycles. The minimum absolute atomic E-state index is 0.994. The molecule has 0 aromatic carbocycles. The van der Waals surface area contributed by atoms with Crippen LogP contribution in [0.25, 0.3) is 0 Å². The highest BCUT2D eigenvalue weighted by molar-refractivity contribution is 4.91. The summed E-state index contributed by atoms with van der Waals surface area (Å²) in [6, 6.07) is 0.994. The molecule has 0 atom stereocenters. The van der Waals surface area contributed by atoms with Gasteiger partial charge in [-0.3, -0.25) is 0 Å². The summed E-state index contributed by atoms with van der Waals surface area (Å²) in [7, 11) is 0. The van der Waals surface area contributed by atoms with E-state index in [2.05, 4.69) is 11.8 Å². The first kappa shape index (κ1) is 5.72. The van der Waals surface area contributed by atoms with Gasteiger partial charge in [-0.05, 0) is 38.3 Å². The van der Waals surface area contributed by atoms with Crippen LogP contribution in [0, 0.1) is 5.92 Å². The molecule has 3 aliphatic rings. The van der Waals surface area contributed by atoms with Gasteiger partial charge in [0.1, 0.15) is 0 Å². The fraction of sp³-hybridized carbons (Fsp3) is 1.00. The van der Waals surface area contributed by atoms with Crippen LogP contribution >= 0.6 is 0 Å². The molecule has 0 radical (unpaired) electrons. The molecule has 0 unspecified atom stereocenters. The number of hydrogen-bond acceptors (Lipinski definition) is 1. The highest BCUT2D eigenvalue weighted by Crippen LogP contribution is 2.38. The standard InChI is InChI=1S/C8H15N/c1-2-9-4-3-7-5-8(9)6-7/h7-8H,2-6H2,1H3. The van der Waals surface area contributed by atoms with Crippen molar-refractivity contribution in [3.63, 3.8) is 0 Å². The van der Waals surface area contributed by atoms with E-state index in [1.165, 1.54) is 32.4 Å². The van der Waals surface area contributed by atoms with Crippen LogP contribution in [0.3, 0.4) is 0 Å². The average Bonchev–Trinajstić information content (AvgIpc) is 1.86. The van der Waals surface area contributed by atoms with Crippen molar-refractivity contribution >= 4 is 0 Å². The van der Waals surface area contributed by atoms with E-state index in [1.54, 1.807) is 0 Å². The van der Waals surface area contributed by atoms with Gasteiger partial charge in [0.15, 0.2) is 0 Å². The van der Waals surface area contributed by atoms with Crippen LogP contribution in [0.2, 0.25) is 0 Å². The lowest BCUT2D eigenvalue weighted by Crippen LogP contribution is -2.50. The Kier molecular flexibility index (Phi) is 1.26. The molecular formula is C8H15N. The summed E-state index contributed by atoms with van der Waals surface area (Å²) in [5.41, 5.74) is 0. The van der Waals surface area contributed by atoms with E-state index in [0.29, 0.717) is 0 Å². The molecule has 0 amide bonds. The molecule has 1 nitrogen and oxygen atoms in total. The van der Waals surface area contributed by atoms with E-state index < -0.39 is 0 Å². The Balaban J connectivity index is 1.94. The molecule has 2 bridgehead atoms. The number of nitrogens with zero attached hydrogens (tertiary/aromatic N) is 1. The lowest BCUT2D eigenvalue weighted by Gasteiger charge is -2.48. The topological polar surface area (TPSA) is 3.24 Å².